The van der Waals surface area contributed by atoms with Crippen LogP contribution in [0.5, 0.6) is 11.5 Å². The first-order chi connectivity index (χ1) is 16.9. The molecule has 1 aliphatic heterocycles. The summed E-state index contributed by atoms with van der Waals surface area (Å²) in [6, 6.07) is 2.35. The van der Waals surface area contributed by atoms with E-state index in [0.717, 1.165) is 25.7 Å². The summed E-state index contributed by atoms with van der Waals surface area (Å²) in [6.07, 6.45) is 2.53. The molecule has 0 radical (unpaired) electrons. The number of urea groups is 1. The molecule has 2 aliphatic rings. The van der Waals surface area contributed by atoms with Crippen molar-refractivity contribution in [3.8, 4) is 11.5 Å². The molecule has 2 atom stereocenters. The summed E-state index contributed by atoms with van der Waals surface area (Å²) in [4.78, 5) is 25.5. The lowest BCUT2D eigenvalue weighted by Crippen LogP contribution is -2.52. The summed E-state index contributed by atoms with van der Waals surface area (Å²) in [5, 5.41) is 31.3. The van der Waals surface area contributed by atoms with Gasteiger partial charge in [0, 0.05) is 36.5 Å². The fourth-order valence-electron chi connectivity index (χ4n) is 4.42. The Labute approximate surface area is 202 Å². The third-order valence-corrected chi connectivity index (χ3v) is 6.37. The molecular formula is C23H30FN5O6. The molecule has 4 rings (SSSR count). The van der Waals surface area contributed by atoms with Crippen LogP contribution in [0.15, 0.2) is 18.3 Å². The number of hydrogen-bond acceptors (Lipinski definition) is 9. The first-order valence-corrected chi connectivity index (χ1v) is 11.5. The third-order valence-electron chi connectivity index (χ3n) is 6.37. The Morgan fingerprint density at radius 3 is 2.60 bits per heavy atom. The standard InChI is InChI=1S/C23H30FN5O6/c1-34-15-7-16(20(24)19(8-15)35-2)28-11-13-9-25-22(26-10-17(31)18(32)12-30)27-21(13)29(23(28)33)14-5-3-4-6-14/h7-9,14,17-18,30-32H,3-6,10-12H2,1-2H3,(H,25,26,27). The van der Waals surface area contributed by atoms with Gasteiger partial charge in [0.25, 0.3) is 0 Å². The van der Waals surface area contributed by atoms with Crippen LogP contribution in [-0.4, -0.2) is 76.9 Å². The largest absolute Gasteiger partial charge is 0.497 e. The van der Waals surface area contributed by atoms with Crippen molar-refractivity contribution in [1.29, 1.82) is 0 Å². The Kier molecular flexibility index (Phi) is 7.53. The van der Waals surface area contributed by atoms with Gasteiger partial charge in [0.2, 0.25) is 5.95 Å². The van der Waals surface area contributed by atoms with Crippen molar-refractivity contribution < 1.29 is 34.0 Å². The number of hydrogen-bond donors (Lipinski definition) is 4. The quantitative estimate of drug-likeness (QED) is 0.412. The van der Waals surface area contributed by atoms with Gasteiger partial charge < -0.3 is 30.1 Å². The van der Waals surface area contributed by atoms with Gasteiger partial charge in [0.15, 0.2) is 11.6 Å². The summed E-state index contributed by atoms with van der Waals surface area (Å²) in [5.74, 6) is 0.218. The van der Waals surface area contributed by atoms with Crippen LogP contribution in [0.3, 0.4) is 0 Å². The molecule has 1 fully saturated rings. The second-order valence-electron chi connectivity index (χ2n) is 8.58. The number of benzene rings is 1. The molecule has 2 unspecified atom stereocenters. The Hall–Kier alpha value is -3.22. The van der Waals surface area contributed by atoms with Crippen LogP contribution in [0.25, 0.3) is 0 Å². The molecule has 35 heavy (non-hydrogen) atoms. The van der Waals surface area contributed by atoms with Crippen molar-refractivity contribution in [2.45, 2.75) is 50.5 Å². The SMILES string of the molecule is COc1cc(OC)c(F)c(N2Cc3cnc(NCC(O)C(O)CO)nc3N(C3CCCC3)C2=O)c1. The lowest BCUT2D eigenvalue weighted by atomic mass is 10.1. The van der Waals surface area contributed by atoms with Crippen molar-refractivity contribution in [2.75, 3.05) is 42.5 Å². The van der Waals surface area contributed by atoms with E-state index in [-0.39, 0.29) is 36.5 Å². The molecule has 2 amide bonds. The predicted octanol–water partition coefficient (Wildman–Crippen LogP) is 1.65. The minimum absolute atomic E-state index is 0.0307. The van der Waals surface area contributed by atoms with E-state index in [1.54, 1.807) is 11.1 Å². The van der Waals surface area contributed by atoms with E-state index in [1.807, 2.05) is 0 Å². The van der Waals surface area contributed by atoms with Gasteiger partial charge in [-0.3, -0.25) is 9.80 Å². The van der Waals surface area contributed by atoms with Crippen LogP contribution in [0, 0.1) is 5.82 Å². The van der Waals surface area contributed by atoms with Gasteiger partial charge in [0.05, 0.1) is 39.2 Å². The minimum Gasteiger partial charge on any atom is -0.497 e. The Balaban J connectivity index is 1.70. The van der Waals surface area contributed by atoms with E-state index in [0.29, 0.717) is 17.1 Å². The molecule has 0 saturated heterocycles. The second-order valence-corrected chi connectivity index (χ2v) is 8.58. The highest BCUT2D eigenvalue weighted by atomic mass is 19.1. The zero-order valence-electron chi connectivity index (χ0n) is 19.6. The number of rotatable bonds is 9. The van der Waals surface area contributed by atoms with Crippen LogP contribution >= 0.6 is 0 Å². The molecule has 190 valence electrons. The normalized spacial score (nSPS) is 17.8. The molecule has 0 spiro atoms. The van der Waals surface area contributed by atoms with E-state index in [2.05, 4.69) is 15.3 Å². The fourth-order valence-corrected chi connectivity index (χ4v) is 4.42. The summed E-state index contributed by atoms with van der Waals surface area (Å²) < 4.78 is 25.7. The summed E-state index contributed by atoms with van der Waals surface area (Å²) >= 11 is 0. The number of aliphatic hydroxyl groups excluding tert-OH is 3. The Morgan fingerprint density at radius 2 is 1.94 bits per heavy atom. The number of nitrogens with one attached hydrogen (secondary N) is 1. The maximum atomic E-state index is 15.3. The zero-order valence-corrected chi connectivity index (χ0v) is 19.6. The maximum absolute atomic E-state index is 15.3. The fraction of sp³-hybridized carbons (Fsp3) is 0.522. The van der Waals surface area contributed by atoms with E-state index >= 15 is 4.39 Å². The lowest BCUT2D eigenvalue weighted by Gasteiger charge is -2.39. The third kappa shape index (κ3) is 4.95. The number of anilines is 3. The van der Waals surface area contributed by atoms with Gasteiger partial charge in [-0.2, -0.15) is 4.98 Å². The van der Waals surface area contributed by atoms with Crippen molar-refractivity contribution in [2.24, 2.45) is 0 Å². The van der Waals surface area contributed by atoms with E-state index in [9.17, 15) is 15.0 Å². The molecule has 1 saturated carbocycles. The number of nitrogens with zero attached hydrogens (tertiary/aromatic N) is 4. The van der Waals surface area contributed by atoms with Gasteiger partial charge in [-0.15, -0.1) is 0 Å². The number of ether oxygens (including phenoxy) is 2. The number of carbonyl (C=O) groups is 1. The molecule has 1 aliphatic carbocycles. The molecule has 12 heteroatoms. The van der Waals surface area contributed by atoms with Crippen LogP contribution in [0.4, 0.5) is 26.6 Å². The Bertz CT molecular complexity index is 1070. The maximum Gasteiger partial charge on any atom is 0.330 e. The van der Waals surface area contributed by atoms with Crippen LogP contribution in [0.2, 0.25) is 0 Å². The average Bonchev–Trinajstić information content (AvgIpc) is 3.41. The molecule has 4 N–H and O–H groups in total. The van der Waals surface area contributed by atoms with Gasteiger partial charge in [0.1, 0.15) is 17.7 Å². The number of aromatic nitrogens is 2. The van der Waals surface area contributed by atoms with E-state index in [1.165, 1.54) is 31.3 Å². The number of amides is 2. The molecule has 1 aromatic heterocycles. The summed E-state index contributed by atoms with van der Waals surface area (Å²) in [7, 11) is 2.80. The first-order valence-electron chi connectivity index (χ1n) is 11.5. The highest BCUT2D eigenvalue weighted by Gasteiger charge is 2.39. The highest BCUT2D eigenvalue weighted by molar-refractivity contribution is 6.06. The van der Waals surface area contributed by atoms with Crippen LogP contribution in [0.1, 0.15) is 31.2 Å². The molecule has 11 nitrogen and oxygen atoms in total. The summed E-state index contributed by atoms with van der Waals surface area (Å²) in [5.41, 5.74) is 0.655. The van der Waals surface area contributed by atoms with E-state index < -0.39 is 30.7 Å². The highest BCUT2D eigenvalue weighted by Crippen LogP contribution is 2.40. The topological polar surface area (TPSA) is 141 Å². The van der Waals surface area contributed by atoms with Gasteiger partial charge in [-0.25, -0.2) is 14.2 Å². The summed E-state index contributed by atoms with van der Waals surface area (Å²) in [6.45, 7) is -0.644. The predicted molar refractivity (Wildman–Crippen MR) is 125 cm³/mol. The van der Waals surface area contributed by atoms with Crippen molar-refractivity contribution in [3.05, 3.63) is 29.7 Å². The number of halogens is 1. The molecular weight excluding hydrogens is 461 g/mol. The number of aliphatic hydroxyl groups is 3. The van der Waals surface area contributed by atoms with Crippen molar-refractivity contribution in [3.63, 3.8) is 0 Å². The van der Waals surface area contributed by atoms with Crippen LogP contribution < -0.4 is 24.6 Å². The zero-order chi connectivity index (χ0) is 25.1. The van der Waals surface area contributed by atoms with Crippen LogP contribution in [-0.2, 0) is 6.54 Å². The number of fused-ring (bicyclic) bond motifs is 1. The number of carbonyl (C=O) groups excluding carboxylic acids is 1. The average molecular weight is 492 g/mol. The van der Waals surface area contributed by atoms with Crippen molar-refractivity contribution >= 4 is 23.5 Å². The minimum atomic E-state index is -1.31. The first kappa shape index (κ1) is 24.9. The Morgan fingerprint density at radius 1 is 1.20 bits per heavy atom. The molecule has 2 heterocycles. The van der Waals surface area contributed by atoms with E-state index in [4.69, 9.17) is 14.6 Å². The van der Waals surface area contributed by atoms with Gasteiger partial charge in [-0.1, -0.05) is 12.8 Å². The van der Waals surface area contributed by atoms with Crippen molar-refractivity contribution in [1.82, 2.24) is 9.97 Å². The smallest absolute Gasteiger partial charge is 0.330 e. The monoisotopic (exact) mass is 491 g/mol. The van der Waals surface area contributed by atoms with Gasteiger partial charge in [-0.05, 0) is 12.8 Å². The lowest BCUT2D eigenvalue weighted by molar-refractivity contribution is -0.00707. The molecule has 0 bridgehead atoms. The molecule has 2 aromatic rings. The number of methoxy groups -OCH3 is 2. The van der Waals surface area contributed by atoms with Gasteiger partial charge >= 0.3 is 6.03 Å². The second kappa shape index (κ2) is 10.6. The molecule has 1 aromatic carbocycles.